The van der Waals surface area contributed by atoms with Gasteiger partial charge in [-0.1, -0.05) is 0 Å². The Kier molecular flexibility index (Phi) is 8.92. The van der Waals surface area contributed by atoms with E-state index in [1.54, 1.807) is 13.8 Å². The van der Waals surface area contributed by atoms with Crippen LogP contribution in [0.2, 0.25) is 0 Å². The summed E-state index contributed by atoms with van der Waals surface area (Å²) >= 11 is 0. The number of amides is 1. The Bertz CT molecular complexity index is 257. The maximum Gasteiger partial charge on any atom is 0.224 e. The Morgan fingerprint density at radius 2 is 2.00 bits per heavy atom. The van der Waals surface area contributed by atoms with Crippen molar-refractivity contribution in [2.24, 2.45) is 11.1 Å². The largest absolute Gasteiger partial charge is 0.389 e. The van der Waals surface area contributed by atoms with Crippen LogP contribution in [-0.2, 0) is 14.3 Å². The van der Waals surface area contributed by atoms with E-state index in [0.29, 0.717) is 26.3 Å². The maximum atomic E-state index is 11.1. The van der Waals surface area contributed by atoms with Crippen molar-refractivity contribution in [3.8, 4) is 0 Å². The van der Waals surface area contributed by atoms with Crippen molar-refractivity contribution in [3.63, 3.8) is 0 Å². The third kappa shape index (κ3) is 9.84. The van der Waals surface area contributed by atoms with Gasteiger partial charge in [0.25, 0.3) is 0 Å². The van der Waals surface area contributed by atoms with Gasteiger partial charge in [0.05, 0.1) is 37.4 Å². The van der Waals surface area contributed by atoms with Crippen LogP contribution in [0, 0.1) is 5.41 Å². The van der Waals surface area contributed by atoms with Crippen molar-refractivity contribution < 1.29 is 19.4 Å². The molecule has 19 heavy (non-hydrogen) atoms. The third-order valence-electron chi connectivity index (χ3n) is 2.60. The van der Waals surface area contributed by atoms with Gasteiger partial charge in [-0.25, -0.2) is 0 Å². The molecule has 6 heteroatoms. The smallest absolute Gasteiger partial charge is 0.224 e. The lowest BCUT2D eigenvalue weighted by Gasteiger charge is -2.22. The topological polar surface area (TPSA) is 93.8 Å². The van der Waals surface area contributed by atoms with E-state index in [0.717, 1.165) is 0 Å². The SMILES string of the molecule is CC(C)OCCOCC(O)CNCC(C)(C)C(N)=O. The number of aliphatic hydroxyl groups is 1. The second-order valence-electron chi connectivity index (χ2n) is 5.53. The molecule has 0 rings (SSSR count). The summed E-state index contributed by atoms with van der Waals surface area (Å²) in [5, 5.41) is 12.7. The molecular formula is C13H28N2O4. The molecule has 0 bridgehead atoms. The first-order valence-corrected chi connectivity index (χ1v) is 6.63. The molecular weight excluding hydrogens is 248 g/mol. The molecule has 0 aromatic rings. The minimum Gasteiger partial charge on any atom is -0.389 e. The fourth-order valence-corrected chi connectivity index (χ4v) is 1.26. The first kappa shape index (κ1) is 18.3. The van der Waals surface area contributed by atoms with E-state index < -0.39 is 11.5 Å². The molecule has 0 aliphatic heterocycles. The number of carbonyl (C=O) groups is 1. The molecule has 0 aromatic carbocycles. The van der Waals surface area contributed by atoms with Gasteiger partial charge in [-0.2, -0.15) is 0 Å². The molecule has 4 N–H and O–H groups in total. The van der Waals surface area contributed by atoms with Crippen molar-refractivity contribution in [2.45, 2.75) is 39.9 Å². The molecule has 1 amide bonds. The van der Waals surface area contributed by atoms with Gasteiger partial charge in [0.1, 0.15) is 0 Å². The van der Waals surface area contributed by atoms with E-state index >= 15 is 0 Å². The molecule has 1 unspecified atom stereocenters. The quantitative estimate of drug-likeness (QED) is 0.458. The van der Waals surface area contributed by atoms with E-state index in [-0.39, 0.29) is 18.6 Å². The van der Waals surface area contributed by atoms with Crippen molar-refractivity contribution in [1.29, 1.82) is 0 Å². The first-order valence-electron chi connectivity index (χ1n) is 6.63. The number of hydrogen-bond donors (Lipinski definition) is 3. The Morgan fingerprint density at radius 3 is 2.53 bits per heavy atom. The molecule has 0 heterocycles. The van der Waals surface area contributed by atoms with Crippen molar-refractivity contribution in [2.75, 3.05) is 32.9 Å². The summed E-state index contributed by atoms with van der Waals surface area (Å²) in [6.45, 7) is 9.44. The van der Waals surface area contributed by atoms with E-state index in [4.69, 9.17) is 15.2 Å². The van der Waals surface area contributed by atoms with Crippen LogP contribution in [0.25, 0.3) is 0 Å². The zero-order valence-electron chi connectivity index (χ0n) is 12.4. The van der Waals surface area contributed by atoms with Crippen LogP contribution in [0.15, 0.2) is 0 Å². The lowest BCUT2D eigenvalue weighted by molar-refractivity contribution is -0.125. The summed E-state index contributed by atoms with van der Waals surface area (Å²) in [6, 6.07) is 0. The van der Waals surface area contributed by atoms with Gasteiger partial charge in [-0.3, -0.25) is 4.79 Å². The fourth-order valence-electron chi connectivity index (χ4n) is 1.26. The fraction of sp³-hybridized carbons (Fsp3) is 0.923. The minimum absolute atomic E-state index is 0.186. The van der Waals surface area contributed by atoms with Crippen LogP contribution in [0.5, 0.6) is 0 Å². The van der Waals surface area contributed by atoms with Crippen LogP contribution in [0.4, 0.5) is 0 Å². The number of rotatable bonds is 11. The highest BCUT2D eigenvalue weighted by molar-refractivity contribution is 5.80. The zero-order chi connectivity index (χ0) is 14.9. The average Bonchev–Trinajstić information content (AvgIpc) is 2.27. The summed E-state index contributed by atoms with van der Waals surface area (Å²) in [4.78, 5) is 11.1. The number of primary amides is 1. The summed E-state index contributed by atoms with van der Waals surface area (Å²) in [5.41, 5.74) is 4.63. The Morgan fingerprint density at radius 1 is 1.37 bits per heavy atom. The number of hydrogen-bond acceptors (Lipinski definition) is 5. The van der Waals surface area contributed by atoms with Crippen molar-refractivity contribution >= 4 is 5.91 Å². The highest BCUT2D eigenvalue weighted by atomic mass is 16.5. The van der Waals surface area contributed by atoms with Crippen LogP contribution >= 0.6 is 0 Å². The summed E-state index contributed by atoms with van der Waals surface area (Å²) in [7, 11) is 0. The number of carbonyl (C=O) groups excluding carboxylic acids is 1. The monoisotopic (exact) mass is 276 g/mol. The molecule has 0 saturated carbocycles. The number of aliphatic hydroxyl groups excluding tert-OH is 1. The third-order valence-corrected chi connectivity index (χ3v) is 2.60. The standard InChI is InChI=1S/C13H28N2O4/c1-10(2)19-6-5-18-8-11(16)7-15-9-13(3,4)12(14)17/h10-11,15-16H,5-9H2,1-4H3,(H2,14,17). The normalized spacial score (nSPS) is 13.8. The average molecular weight is 276 g/mol. The second-order valence-corrected chi connectivity index (χ2v) is 5.53. The van der Waals surface area contributed by atoms with Gasteiger partial charge in [-0.15, -0.1) is 0 Å². The van der Waals surface area contributed by atoms with Gasteiger partial charge in [0.15, 0.2) is 0 Å². The lowest BCUT2D eigenvalue weighted by Crippen LogP contribution is -2.43. The van der Waals surface area contributed by atoms with E-state index in [1.807, 2.05) is 13.8 Å². The highest BCUT2D eigenvalue weighted by Crippen LogP contribution is 2.11. The van der Waals surface area contributed by atoms with Crippen LogP contribution in [0.1, 0.15) is 27.7 Å². The highest BCUT2D eigenvalue weighted by Gasteiger charge is 2.24. The Hall–Kier alpha value is -0.690. The van der Waals surface area contributed by atoms with Gasteiger partial charge < -0.3 is 25.6 Å². The molecule has 0 radical (unpaired) electrons. The van der Waals surface area contributed by atoms with Crippen molar-refractivity contribution in [3.05, 3.63) is 0 Å². The van der Waals surface area contributed by atoms with E-state index in [9.17, 15) is 9.90 Å². The minimum atomic E-state index is -0.619. The predicted molar refractivity (Wildman–Crippen MR) is 73.8 cm³/mol. The van der Waals surface area contributed by atoms with E-state index in [2.05, 4.69) is 5.32 Å². The van der Waals surface area contributed by atoms with Gasteiger partial charge in [-0.05, 0) is 27.7 Å². The number of nitrogens with two attached hydrogens (primary N) is 1. The van der Waals surface area contributed by atoms with Crippen molar-refractivity contribution in [1.82, 2.24) is 5.32 Å². The molecule has 114 valence electrons. The molecule has 0 aromatic heterocycles. The molecule has 0 spiro atoms. The zero-order valence-corrected chi connectivity index (χ0v) is 12.4. The maximum absolute atomic E-state index is 11.1. The molecule has 0 saturated heterocycles. The molecule has 1 atom stereocenters. The second kappa shape index (κ2) is 9.25. The number of nitrogens with one attached hydrogen (secondary N) is 1. The summed E-state index contributed by atoms with van der Waals surface area (Å²) in [5.74, 6) is -0.364. The van der Waals surface area contributed by atoms with Crippen LogP contribution in [0.3, 0.4) is 0 Å². The molecule has 0 fully saturated rings. The number of ether oxygens (including phenoxy) is 2. The van der Waals surface area contributed by atoms with Crippen LogP contribution in [-0.4, -0.2) is 56.1 Å². The summed E-state index contributed by atoms with van der Waals surface area (Å²) in [6.07, 6.45) is -0.422. The lowest BCUT2D eigenvalue weighted by atomic mass is 9.93. The van der Waals surface area contributed by atoms with Crippen LogP contribution < -0.4 is 11.1 Å². The van der Waals surface area contributed by atoms with E-state index in [1.165, 1.54) is 0 Å². The van der Waals surface area contributed by atoms with Gasteiger partial charge in [0.2, 0.25) is 5.91 Å². The molecule has 6 nitrogen and oxygen atoms in total. The molecule has 0 aliphatic carbocycles. The predicted octanol–water partition coefficient (Wildman–Crippen LogP) is -0.110. The molecule has 0 aliphatic rings. The Labute approximate surface area is 115 Å². The van der Waals surface area contributed by atoms with Gasteiger partial charge in [0, 0.05) is 13.1 Å². The Balaban J connectivity index is 3.55. The van der Waals surface area contributed by atoms with Gasteiger partial charge >= 0.3 is 0 Å². The summed E-state index contributed by atoms with van der Waals surface area (Å²) < 4.78 is 10.6. The first-order chi connectivity index (χ1) is 8.75.